The summed E-state index contributed by atoms with van der Waals surface area (Å²) in [6, 6.07) is 19.6. The minimum absolute atomic E-state index is 0.139. The summed E-state index contributed by atoms with van der Waals surface area (Å²) in [7, 11) is 0. The average molecular weight is 363 g/mol. The number of aromatic nitrogens is 2. The van der Waals surface area contributed by atoms with Crippen molar-refractivity contribution >= 4 is 5.91 Å². The number of amides is 1. The van der Waals surface area contributed by atoms with Gasteiger partial charge >= 0.3 is 0 Å². The molecule has 4 rings (SSSR count). The third-order valence-electron chi connectivity index (χ3n) is 4.66. The Bertz CT molecular complexity index is 874. The van der Waals surface area contributed by atoms with Crippen LogP contribution in [0, 0.1) is 0 Å². The molecule has 0 atom stereocenters. The largest absolute Gasteiger partial charge is 0.484 e. The maximum atomic E-state index is 12.3. The number of benzene rings is 2. The highest BCUT2D eigenvalue weighted by Crippen LogP contribution is 2.26. The van der Waals surface area contributed by atoms with Gasteiger partial charge in [0, 0.05) is 19.5 Å². The lowest BCUT2D eigenvalue weighted by Gasteiger charge is -2.37. The molecule has 2 aromatic carbocycles. The van der Waals surface area contributed by atoms with E-state index in [1.165, 1.54) is 5.56 Å². The monoisotopic (exact) mass is 363 g/mol. The van der Waals surface area contributed by atoms with Gasteiger partial charge in [0.05, 0.1) is 5.92 Å². The van der Waals surface area contributed by atoms with Crippen LogP contribution in [-0.4, -0.2) is 34.0 Å². The number of rotatable bonds is 7. The second-order valence-electron chi connectivity index (χ2n) is 6.63. The zero-order chi connectivity index (χ0) is 18.5. The van der Waals surface area contributed by atoms with E-state index in [4.69, 9.17) is 9.26 Å². The predicted molar refractivity (Wildman–Crippen MR) is 99.2 cm³/mol. The quantitative estimate of drug-likeness (QED) is 0.645. The molecule has 6 heteroatoms. The Morgan fingerprint density at radius 2 is 1.78 bits per heavy atom. The zero-order valence-corrected chi connectivity index (χ0v) is 15.0. The van der Waals surface area contributed by atoms with Crippen molar-refractivity contribution in [3.63, 3.8) is 0 Å². The molecule has 0 bridgehead atoms. The summed E-state index contributed by atoms with van der Waals surface area (Å²) in [5.74, 6) is 2.17. The van der Waals surface area contributed by atoms with Crippen LogP contribution in [0.25, 0.3) is 0 Å². The van der Waals surface area contributed by atoms with E-state index < -0.39 is 0 Å². The summed E-state index contributed by atoms with van der Waals surface area (Å²) in [4.78, 5) is 18.5. The Kier molecular flexibility index (Phi) is 5.14. The first-order chi connectivity index (χ1) is 13.3. The van der Waals surface area contributed by atoms with E-state index in [0.717, 1.165) is 12.2 Å². The van der Waals surface area contributed by atoms with Crippen molar-refractivity contribution in [3.05, 3.63) is 77.9 Å². The maximum absolute atomic E-state index is 12.3. The molecule has 1 aliphatic heterocycles. The molecule has 6 nitrogen and oxygen atoms in total. The van der Waals surface area contributed by atoms with Crippen molar-refractivity contribution in [2.24, 2.45) is 0 Å². The zero-order valence-electron chi connectivity index (χ0n) is 15.0. The van der Waals surface area contributed by atoms with Crippen LogP contribution in [0.2, 0.25) is 0 Å². The molecule has 1 saturated heterocycles. The summed E-state index contributed by atoms with van der Waals surface area (Å²) >= 11 is 0. The average Bonchev–Trinajstić information content (AvgIpc) is 3.14. The number of hydrogen-bond donors (Lipinski definition) is 0. The second kappa shape index (κ2) is 8.03. The van der Waals surface area contributed by atoms with Gasteiger partial charge < -0.3 is 14.2 Å². The third-order valence-corrected chi connectivity index (χ3v) is 4.66. The minimum Gasteiger partial charge on any atom is -0.484 e. The van der Waals surface area contributed by atoms with Crippen molar-refractivity contribution in [2.75, 3.05) is 13.1 Å². The van der Waals surface area contributed by atoms with Gasteiger partial charge in [-0.25, -0.2) is 0 Å². The van der Waals surface area contributed by atoms with E-state index >= 15 is 0 Å². The fourth-order valence-corrected chi connectivity index (χ4v) is 3.05. The normalized spacial score (nSPS) is 14.0. The molecular weight excluding hydrogens is 342 g/mol. The van der Waals surface area contributed by atoms with E-state index in [-0.39, 0.29) is 18.4 Å². The number of likely N-dealkylation sites (tertiary alicyclic amines) is 1. The Balaban J connectivity index is 1.22. The van der Waals surface area contributed by atoms with Gasteiger partial charge in [0.1, 0.15) is 5.75 Å². The van der Waals surface area contributed by atoms with Gasteiger partial charge in [0.2, 0.25) is 5.91 Å². The Morgan fingerprint density at radius 3 is 2.52 bits per heavy atom. The van der Waals surface area contributed by atoms with Crippen LogP contribution in [-0.2, 0) is 17.8 Å². The van der Waals surface area contributed by atoms with Crippen molar-refractivity contribution in [1.82, 2.24) is 15.0 Å². The molecule has 0 N–H and O–H groups in total. The Hall–Kier alpha value is -3.15. The number of nitrogens with zero attached hydrogens (tertiary/aromatic N) is 3. The second-order valence-corrected chi connectivity index (χ2v) is 6.63. The first-order valence-corrected chi connectivity index (χ1v) is 9.10. The highest BCUT2D eigenvalue weighted by molar-refractivity contribution is 5.77. The van der Waals surface area contributed by atoms with Crippen LogP contribution in [0.3, 0.4) is 0 Å². The van der Waals surface area contributed by atoms with Gasteiger partial charge in [-0.3, -0.25) is 4.79 Å². The van der Waals surface area contributed by atoms with Crippen LogP contribution in [0.15, 0.2) is 65.2 Å². The van der Waals surface area contributed by atoms with Crippen LogP contribution in [0.1, 0.15) is 29.6 Å². The molecule has 0 spiro atoms. The number of hydrogen-bond acceptors (Lipinski definition) is 5. The Labute approximate surface area is 157 Å². The third kappa shape index (κ3) is 4.34. The topological polar surface area (TPSA) is 68.5 Å². The summed E-state index contributed by atoms with van der Waals surface area (Å²) in [6.45, 7) is 1.53. The summed E-state index contributed by atoms with van der Waals surface area (Å²) in [5.41, 5.74) is 1.18. The molecule has 2 heterocycles. The maximum Gasteiger partial charge on any atom is 0.264 e. The number of carbonyl (C=O) groups excluding carboxylic acids is 1. The van der Waals surface area contributed by atoms with Gasteiger partial charge in [-0.2, -0.15) is 4.98 Å². The molecule has 0 radical (unpaired) electrons. The molecule has 3 aromatic rings. The molecule has 1 fully saturated rings. The molecular formula is C21H21N3O3. The molecule has 1 aliphatic rings. The van der Waals surface area contributed by atoms with Crippen LogP contribution >= 0.6 is 0 Å². The van der Waals surface area contributed by atoms with Crippen LogP contribution < -0.4 is 4.74 Å². The first-order valence-electron chi connectivity index (χ1n) is 9.10. The molecule has 0 saturated carbocycles. The van der Waals surface area contributed by atoms with Gasteiger partial charge in [0.15, 0.2) is 12.4 Å². The van der Waals surface area contributed by atoms with Crippen LogP contribution in [0.4, 0.5) is 0 Å². The molecule has 0 unspecified atom stereocenters. The molecule has 27 heavy (non-hydrogen) atoms. The van der Waals surface area contributed by atoms with E-state index in [9.17, 15) is 4.79 Å². The Morgan fingerprint density at radius 1 is 1.07 bits per heavy atom. The van der Waals surface area contributed by atoms with Gasteiger partial charge in [0.25, 0.3) is 5.89 Å². The smallest absolute Gasteiger partial charge is 0.264 e. The van der Waals surface area contributed by atoms with E-state index in [0.29, 0.717) is 31.2 Å². The number of aryl methyl sites for hydroxylation is 1. The van der Waals surface area contributed by atoms with Crippen molar-refractivity contribution in [1.29, 1.82) is 0 Å². The first kappa shape index (κ1) is 17.3. The molecule has 1 amide bonds. The van der Waals surface area contributed by atoms with Crippen molar-refractivity contribution < 1.29 is 14.1 Å². The predicted octanol–water partition coefficient (Wildman–Crippen LogP) is 3.21. The highest BCUT2D eigenvalue weighted by Gasteiger charge is 2.34. The lowest BCUT2D eigenvalue weighted by Crippen LogP contribution is -2.48. The van der Waals surface area contributed by atoms with E-state index in [2.05, 4.69) is 10.1 Å². The fourth-order valence-electron chi connectivity index (χ4n) is 3.05. The fraction of sp³-hybridized carbons (Fsp3) is 0.286. The summed E-state index contributed by atoms with van der Waals surface area (Å²) in [5, 5.41) is 4.03. The van der Waals surface area contributed by atoms with Crippen LogP contribution in [0.5, 0.6) is 5.75 Å². The molecule has 1 aromatic heterocycles. The van der Waals surface area contributed by atoms with Gasteiger partial charge in [-0.05, 0) is 24.1 Å². The van der Waals surface area contributed by atoms with Crippen molar-refractivity contribution in [3.8, 4) is 5.75 Å². The number of carbonyl (C=O) groups is 1. The SMILES string of the molecule is O=C(CCc1ccccc1)N1CC(c2noc(COc3ccccc3)n2)C1. The van der Waals surface area contributed by atoms with E-state index in [1.54, 1.807) is 0 Å². The highest BCUT2D eigenvalue weighted by atomic mass is 16.5. The molecule has 138 valence electrons. The van der Waals surface area contributed by atoms with E-state index in [1.807, 2.05) is 65.6 Å². The lowest BCUT2D eigenvalue weighted by molar-refractivity contribution is -0.135. The van der Waals surface area contributed by atoms with Gasteiger partial charge in [-0.15, -0.1) is 0 Å². The van der Waals surface area contributed by atoms with Crippen molar-refractivity contribution in [2.45, 2.75) is 25.4 Å². The molecule has 0 aliphatic carbocycles. The van der Waals surface area contributed by atoms with Gasteiger partial charge in [-0.1, -0.05) is 53.7 Å². The summed E-state index contributed by atoms with van der Waals surface area (Å²) in [6.07, 6.45) is 1.29. The number of para-hydroxylation sites is 1. The number of ether oxygens (including phenoxy) is 1. The lowest BCUT2D eigenvalue weighted by atomic mass is 9.98. The summed E-state index contributed by atoms with van der Waals surface area (Å²) < 4.78 is 10.9. The standard InChI is InChI=1S/C21H21N3O3/c25-20(12-11-16-7-3-1-4-8-16)24-13-17(14-24)21-22-19(27-23-21)15-26-18-9-5-2-6-10-18/h1-10,17H,11-15H2. The minimum atomic E-state index is 0.139.